The van der Waals surface area contributed by atoms with Crippen LogP contribution in [-0.4, -0.2) is 24.3 Å². The molecule has 1 N–H and O–H groups in total. The number of carboxylic acid groups (broad SMARTS) is 1. The molecule has 0 atom stereocenters. The van der Waals surface area contributed by atoms with Gasteiger partial charge in [-0.25, -0.2) is 4.79 Å². The van der Waals surface area contributed by atoms with Crippen LogP contribution in [0.2, 0.25) is 0 Å². The van der Waals surface area contributed by atoms with Crippen LogP contribution in [0.25, 0.3) is 10.8 Å². The molecule has 2 rings (SSSR count). The van der Waals surface area contributed by atoms with Crippen LogP contribution in [0, 0.1) is 0 Å². The smallest absolute Gasteiger partial charge is 0.336 e. The number of hydrogen-bond donors (Lipinski definition) is 1. The van der Waals surface area contributed by atoms with Crippen LogP contribution in [0.4, 0.5) is 0 Å². The summed E-state index contributed by atoms with van der Waals surface area (Å²) in [6, 6.07) is 10.4. The second kappa shape index (κ2) is 7.05. The number of carbonyl (C=O) groups is 1. The van der Waals surface area contributed by atoms with Crippen LogP contribution in [0.5, 0.6) is 0 Å². The van der Waals surface area contributed by atoms with Crippen molar-refractivity contribution >= 4 is 24.3 Å². The molecule has 0 heterocycles. The molecule has 0 aliphatic rings. The molecule has 0 fully saturated rings. The lowest BCUT2D eigenvalue weighted by Gasteiger charge is -2.18. The van der Waals surface area contributed by atoms with Gasteiger partial charge in [0, 0.05) is 0 Å². The molecule has 22 heavy (non-hydrogen) atoms. The SMILES string of the molecule is CCOP(=O)(Cc1ccc(C(=O)O)c2ccccc12)OCC. The summed E-state index contributed by atoms with van der Waals surface area (Å²) in [5.74, 6) is -0.986. The molecule has 0 amide bonds. The van der Waals surface area contributed by atoms with Crippen molar-refractivity contribution in [2.24, 2.45) is 0 Å². The van der Waals surface area contributed by atoms with E-state index in [1.54, 1.807) is 32.0 Å². The third-order valence-electron chi connectivity index (χ3n) is 3.26. The second-order valence-corrected chi connectivity index (χ2v) is 6.78. The Morgan fingerprint density at radius 3 is 2.18 bits per heavy atom. The molecule has 0 spiro atoms. The summed E-state index contributed by atoms with van der Waals surface area (Å²) in [6.45, 7) is 4.11. The van der Waals surface area contributed by atoms with E-state index in [-0.39, 0.29) is 11.7 Å². The predicted molar refractivity (Wildman–Crippen MR) is 85.5 cm³/mol. The number of carboxylic acids is 1. The number of aromatic carboxylic acids is 1. The molecule has 2 aromatic rings. The van der Waals surface area contributed by atoms with Gasteiger partial charge in [0.25, 0.3) is 0 Å². The zero-order valence-corrected chi connectivity index (χ0v) is 13.5. The third kappa shape index (κ3) is 3.55. The van der Waals surface area contributed by atoms with Crippen LogP contribution in [0.3, 0.4) is 0 Å². The largest absolute Gasteiger partial charge is 0.478 e. The Bertz CT molecular complexity index is 716. The lowest BCUT2D eigenvalue weighted by Crippen LogP contribution is -2.02. The van der Waals surface area contributed by atoms with Crippen molar-refractivity contribution in [2.75, 3.05) is 13.2 Å². The van der Waals surface area contributed by atoms with Crippen molar-refractivity contribution in [2.45, 2.75) is 20.0 Å². The van der Waals surface area contributed by atoms with Crippen molar-refractivity contribution < 1.29 is 23.5 Å². The van der Waals surface area contributed by atoms with Gasteiger partial charge in [-0.1, -0.05) is 30.3 Å². The molecule has 2 aromatic carbocycles. The van der Waals surface area contributed by atoms with Crippen LogP contribution in [-0.2, 0) is 19.8 Å². The average molecular weight is 322 g/mol. The van der Waals surface area contributed by atoms with Gasteiger partial charge in [0.1, 0.15) is 0 Å². The van der Waals surface area contributed by atoms with E-state index in [4.69, 9.17) is 9.05 Å². The van der Waals surface area contributed by atoms with E-state index in [9.17, 15) is 14.5 Å². The molecule has 0 aliphatic carbocycles. The van der Waals surface area contributed by atoms with Crippen molar-refractivity contribution in [1.82, 2.24) is 0 Å². The second-order valence-electron chi connectivity index (χ2n) is 4.73. The van der Waals surface area contributed by atoms with Crippen LogP contribution < -0.4 is 0 Å². The first-order valence-electron chi connectivity index (χ1n) is 7.12. The summed E-state index contributed by atoms with van der Waals surface area (Å²) in [5.41, 5.74) is 0.979. The minimum Gasteiger partial charge on any atom is -0.478 e. The van der Waals surface area contributed by atoms with Gasteiger partial charge in [0.05, 0.1) is 24.9 Å². The minimum absolute atomic E-state index is 0.120. The van der Waals surface area contributed by atoms with Gasteiger partial charge in [0.15, 0.2) is 0 Å². The third-order valence-corrected chi connectivity index (χ3v) is 5.29. The molecular weight excluding hydrogens is 303 g/mol. The van der Waals surface area contributed by atoms with Crippen LogP contribution in [0.15, 0.2) is 36.4 Å². The summed E-state index contributed by atoms with van der Waals surface area (Å²) in [6.07, 6.45) is 0.120. The zero-order valence-electron chi connectivity index (χ0n) is 12.6. The van der Waals surface area contributed by atoms with E-state index < -0.39 is 13.6 Å². The number of benzene rings is 2. The van der Waals surface area contributed by atoms with Crippen molar-refractivity contribution in [3.05, 3.63) is 47.5 Å². The molecule has 5 nitrogen and oxygen atoms in total. The molecule has 0 unspecified atom stereocenters. The molecule has 0 radical (unpaired) electrons. The average Bonchev–Trinajstić information content (AvgIpc) is 2.47. The van der Waals surface area contributed by atoms with Gasteiger partial charge < -0.3 is 14.2 Å². The molecule has 6 heteroatoms. The Kier molecular flexibility index (Phi) is 5.35. The fourth-order valence-corrected chi connectivity index (χ4v) is 4.15. The fourth-order valence-electron chi connectivity index (χ4n) is 2.42. The van der Waals surface area contributed by atoms with Crippen molar-refractivity contribution in [3.63, 3.8) is 0 Å². The number of hydrogen-bond acceptors (Lipinski definition) is 4. The van der Waals surface area contributed by atoms with E-state index in [1.165, 1.54) is 6.07 Å². The van der Waals surface area contributed by atoms with Crippen molar-refractivity contribution in [3.8, 4) is 0 Å². The highest BCUT2D eigenvalue weighted by atomic mass is 31.2. The topological polar surface area (TPSA) is 72.8 Å². The van der Waals surface area contributed by atoms with E-state index in [0.717, 1.165) is 10.9 Å². The Balaban J connectivity index is 2.50. The first kappa shape index (κ1) is 16.7. The lowest BCUT2D eigenvalue weighted by atomic mass is 10.0. The number of fused-ring (bicyclic) bond motifs is 1. The maximum Gasteiger partial charge on any atom is 0.336 e. The lowest BCUT2D eigenvalue weighted by molar-refractivity contribution is 0.0699. The van der Waals surface area contributed by atoms with E-state index in [2.05, 4.69) is 0 Å². The standard InChI is InChI=1S/C16H19O5P/c1-3-20-22(19,21-4-2)11-12-9-10-15(16(17)18)14-8-6-5-7-13(12)14/h5-10H,3-4,11H2,1-2H3,(H,17,18). The normalized spacial score (nSPS) is 11.7. The Morgan fingerprint density at radius 2 is 1.64 bits per heavy atom. The Hall–Kier alpha value is -1.68. The first-order valence-corrected chi connectivity index (χ1v) is 8.85. The van der Waals surface area contributed by atoms with Gasteiger partial charge in [-0.05, 0) is 36.2 Å². The summed E-state index contributed by atoms with van der Waals surface area (Å²) in [7, 11) is -3.23. The quantitative estimate of drug-likeness (QED) is 0.769. The Labute approximate surface area is 129 Å². The molecule has 0 saturated heterocycles. The molecule has 0 bridgehead atoms. The fraction of sp³-hybridized carbons (Fsp3) is 0.312. The van der Waals surface area contributed by atoms with Gasteiger partial charge in [-0.15, -0.1) is 0 Å². The molecule has 0 aromatic heterocycles. The number of rotatable bonds is 7. The van der Waals surface area contributed by atoms with Gasteiger partial charge in [-0.2, -0.15) is 0 Å². The molecule has 0 aliphatic heterocycles. The maximum absolute atomic E-state index is 12.7. The predicted octanol–water partition coefficient (Wildman–Crippen LogP) is 4.30. The van der Waals surface area contributed by atoms with Gasteiger partial charge in [-0.3, -0.25) is 4.57 Å². The Morgan fingerprint density at radius 1 is 1.05 bits per heavy atom. The summed E-state index contributed by atoms with van der Waals surface area (Å²) in [5, 5.41) is 10.6. The highest BCUT2D eigenvalue weighted by molar-refractivity contribution is 7.53. The molecular formula is C16H19O5P. The zero-order chi connectivity index (χ0) is 16.2. The van der Waals surface area contributed by atoms with Crippen molar-refractivity contribution in [1.29, 1.82) is 0 Å². The van der Waals surface area contributed by atoms with E-state index in [0.29, 0.717) is 18.6 Å². The summed E-state index contributed by atoms with van der Waals surface area (Å²) >= 11 is 0. The van der Waals surface area contributed by atoms with E-state index >= 15 is 0 Å². The first-order chi connectivity index (χ1) is 10.5. The van der Waals surface area contributed by atoms with E-state index in [1.807, 2.05) is 12.1 Å². The monoisotopic (exact) mass is 322 g/mol. The molecule has 118 valence electrons. The summed E-state index contributed by atoms with van der Waals surface area (Å²) in [4.78, 5) is 11.3. The van der Waals surface area contributed by atoms with Crippen LogP contribution >= 0.6 is 7.60 Å². The van der Waals surface area contributed by atoms with Gasteiger partial charge >= 0.3 is 13.6 Å². The minimum atomic E-state index is -3.23. The highest BCUT2D eigenvalue weighted by Gasteiger charge is 2.25. The van der Waals surface area contributed by atoms with Crippen LogP contribution in [0.1, 0.15) is 29.8 Å². The molecule has 0 saturated carbocycles. The summed E-state index contributed by atoms with van der Waals surface area (Å²) < 4.78 is 23.3. The highest BCUT2D eigenvalue weighted by Crippen LogP contribution is 2.52. The van der Waals surface area contributed by atoms with Gasteiger partial charge in [0.2, 0.25) is 0 Å². The maximum atomic E-state index is 12.7.